The van der Waals surface area contributed by atoms with Gasteiger partial charge in [0.1, 0.15) is 0 Å². The van der Waals surface area contributed by atoms with Crippen molar-refractivity contribution in [2.45, 2.75) is 90.3 Å². The predicted molar refractivity (Wildman–Crippen MR) is 86.0 cm³/mol. The highest BCUT2D eigenvalue weighted by atomic mass is 15.3. The molecule has 0 radical (unpaired) electrons. The fraction of sp³-hybridized carbons (Fsp3) is 1.00. The Kier molecular flexibility index (Phi) is 3.92. The molecule has 3 aliphatic rings. The summed E-state index contributed by atoms with van der Waals surface area (Å²) in [6.45, 7) is 12.3. The fourth-order valence-electron chi connectivity index (χ4n) is 5.05. The number of nitrogens with one attached hydrogen (secondary N) is 1. The first kappa shape index (κ1) is 14.8. The second-order valence-corrected chi connectivity index (χ2v) is 8.91. The van der Waals surface area contributed by atoms with E-state index in [1.54, 1.807) is 0 Å². The van der Waals surface area contributed by atoms with E-state index in [9.17, 15) is 0 Å². The maximum absolute atomic E-state index is 3.96. The molecule has 1 N–H and O–H groups in total. The summed E-state index contributed by atoms with van der Waals surface area (Å²) < 4.78 is 0. The average molecular weight is 278 g/mol. The van der Waals surface area contributed by atoms with Gasteiger partial charge in [-0.25, -0.2) is 0 Å². The molecule has 3 rings (SSSR count). The summed E-state index contributed by atoms with van der Waals surface area (Å²) in [6, 6.07) is 1.59. The maximum Gasteiger partial charge on any atom is 0.0309 e. The minimum atomic E-state index is 0.470. The molecule has 2 aliphatic carbocycles. The molecule has 0 bridgehead atoms. The third-order valence-corrected chi connectivity index (χ3v) is 6.34. The number of nitrogens with zero attached hydrogens (tertiary/aromatic N) is 1. The summed E-state index contributed by atoms with van der Waals surface area (Å²) in [7, 11) is 0. The van der Waals surface area contributed by atoms with Crippen molar-refractivity contribution in [3.63, 3.8) is 0 Å². The normalized spacial score (nSPS) is 37.0. The summed E-state index contributed by atoms with van der Waals surface area (Å²) in [5, 5.41) is 3.96. The molecule has 2 saturated carbocycles. The Bertz CT molecular complexity index is 341. The van der Waals surface area contributed by atoms with Crippen molar-refractivity contribution in [3.05, 3.63) is 0 Å². The largest absolute Gasteiger partial charge is 0.308 e. The maximum atomic E-state index is 3.96. The van der Waals surface area contributed by atoms with Crippen LogP contribution in [0.1, 0.15) is 72.6 Å². The molecule has 2 atom stereocenters. The van der Waals surface area contributed by atoms with Crippen LogP contribution in [0, 0.1) is 11.3 Å². The van der Waals surface area contributed by atoms with Gasteiger partial charge in [-0.05, 0) is 43.4 Å². The van der Waals surface area contributed by atoms with Gasteiger partial charge < -0.3 is 5.32 Å². The van der Waals surface area contributed by atoms with Crippen LogP contribution in [0.2, 0.25) is 0 Å². The fourth-order valence-corrected chi connectivity index (χ4v) is 5.05. The lowest BCUT2D eigenvalue weighted by atomic mass is 9.86. The third-order valence-electron chi connectivity index (χ3n) is 6.34. The third kappa shape index (κ3) is 2.78. The van der Waals surface area contributed by atoms with Crippen LogP contribution in [0.4, 0.5) is 0 Å². The topological polar surface area (TPSA) is 15.3 Å². The van der Waals surface area contributed by atoms with E-state index in [0.29, 0.717) is 11.0 Å². The number of hydrogen-bond donors (Lipinski definition) is 1. The van der Waals surface area contributed by atoms with Gasteiger partial charge in [0.05, 0.1) is 0 Å². The van der Waals surface area contributed by atoms with E-state index in [0.717, 1.165) is 18.0 Å². The minimum absolute atomic E-state index is 0.470. The zero-order valence-electron chi connectivity index (χ0n) is 14.0. The zero-order chi connectivity index (χ0) is 14.4. The average Bonchev–Trinajstić information content (AvgIpc) is 2.96. The molecule has 116 valence electrons. The molecule has 20 heavy (non-hydrogen) atoms. The quantitative estimate of drug-likeness (QED) is 0.826. The Morgan fingerprint density at radius 3 is 2.35 bits per heavy atom. The highest BCUT2D eigenvalue weighted by molar-refractivity contribution is 5.04. The summed E-state index contributed by atoms with van der Waals surface area (Å²) >= 11 is 0. The van der Waals surface area contributed by atoms with Crippen LogP contribution in [-0.2, 0) is 0 Å². The molecular formula is C18H34N2. The van der Waals surface area contributed by atoms with Crippen molar-refractivity contribution >= 4 is 0 Å². The zero-order valence-corrected chi connectivity index (χ0v) is 14.0. The number of rotatable bonds is 2. The number of hydrogen-bond acceptors (Lipinski definition) is 2. The van der Waals surface area contributed by atoms with Crippen molar-refractivity contribution in [2.24, 2.45) is 11.3 Å². The highest BCUT2D eigenvalue weighted by Crippen LogP contribution is 2.43. The summed E-state index contributed by atoms with van der Waals surface area (Å²) in [5.74, 6) is 0.768. The molecule has 2 heteroatoms. The number of piperazine rings is 1. The van der Waals surface area contributed by atoms with E-state index < -0.39 is 0 Å². The summed E-state index contributed by atoms with van der Waals surface area (Å²) in [6.07, 6.45) is 9.93. The molecule has 1 saturated heterocycles. The van der Waals surface area contributed by atoms with E-state index in [4.69, 9.17) is 0 Å². The van der Waals surface area contributed by atoms with Crippen molar-refractivity contribution in [3.8, 4) is 0 Å². The second-order valence-electron chi connectivity index (χ2n) is 8.91. The summed E-state index contributed by atoms with van der Waals surface area (Å²) in [4.78, 5) is 2.93. The molecule has 0 aromatic heterocycles. The van der Waals surface area contributed by atoms with Gasteiger partial charge in [-0.1, -0.05) is 40.5 Å². The van der Waals surface area contributed by atoms with Gasteiger partial charge >= 0.3 is 0 Å². The molecule has 2 nitrogen and oxygen atoms in total. The first-order chi connectivity index (χ1) is 9.41. The van der Waals surface area contributed by atoms with Crippen LogP contribution in [-0.4, -0.2) is 35.6 Å². The van der Waals surface area contributed by atoms with Gasteiger partial charge in [0.25, 0.3) is 0 Å². The van der Waals surface area contributed by atoms with Gasteiger partial charge in [0.15, 0.2) is 0 Å². The van der Waals surface area contributed by atoms with E-state index in [2.05, 4.69) is 37.9 Å². The molecule has 3 fully saturated rings. The minimum Gasteiger partial charge on any atom is -0.308 e. The Morgan fingerprint density at radius 2 is 1.80 bits per heavy atom. The Hall–Kier alpha value is -0.0800. The smallest absolute Gasteiger partial charge is 0.0309 e. The van der Waals surface area contributed by atoms with Crippen molar-refractivity contribution in [1.29, 1.82) is 0 Å². The Morgan fingerprint density at radius 1 is 1.10 bits per heavy atom. The molecular weight excluding hydrogens is 244 g/mol. The lowest BCUT2D eigenvalue weighted by Crippen LogP contribution is -2.66. The van der Waals surface area contributed by atoms with E-state index >= 15 is 0 Å². The SMILES string of the molecule is CC(C)C1CNC2(CCCC2)CN1C1CCC(C)(C)C1. The summed E-state index contributed by atoms with van der Waals surface area (Å²) in [5.41, 5.74) is 1.04. The first-order valence-electron chi connectivity index (χ1n) is 8.92. The standard InChI is InChI=1S/C18H34N2/c1-14(2)16-12-19-18(8-5-6-9-18)13-20(16)15-7-10-17(3,4)11-15/h14-16,19H,5-13H2,1-4H3. The second kappa shape index (κ2) is 5.28. The Balaban J connectivity index is 1.76. The highest BCUT2D eigenvalue weighted by Gasteiger charge is 2.46. The monoisotopic (exact) mass is 278 g/mol. The lowest BCUT2D eigenvalue weighted by molar-refractivity contribution is 0.0207. The van der Waals surface area contributed by atoms with Crippen LogP contribution in [0.5, 0.6) is 0 Å². The molecule has 1 aliphatic heterocycles. The van der Waals surface area contributed by atoms with Crippen LogP contribution in [0.3, 0.4) is 0 Å². The van der Waals surface area contributed by atoms with E-state index in [-0.39, 0.29) is 0 Å². The van der Waals surface area contributed by atoms with Crippen molar-refractivity contribution < 1.29 is 0 Å². The Labute approximate surface area is 125 Å². The first-order valence-corrected chi connectivity index (χ1v) is 8.92. The molecule has 1 heterocycles. The van der Waals surface area contributed by atoms with E-state index in [1.807, 2.05) is 0 Å². The molecule has 0 aromatic carbocycles. The van der Waals surface area contributed by atoms with Crippen molar-refractivity contribution in [1.82, 2.24) is 10.2 Å². The van der Waals surface area contributed by atoms with Crippen LogP contribution in [0.25, 0.3) is 0 Å². The molecule has 0 amide bonds. The molecule has 0 aromatic rings. The van der Waals surface area contributed by atoms with Crippen LogP contribution in [0.15, 0.2) is 0 Å². The van der Waals surface area contributed by atoms with E-state index in [1.165, 1.54) is 58.0 Å². The predicted octanol–water partition coefficient (Wildman–Crippen LogP) is 3.81. The van der Waals surface area contributed by atoms with Crippen LogP contribution >= 0.6 is 0 Å². The van der Waals surface area contributed by atoms with Gasteiger partial charge in [-0.15, -0.1) is 0 Å². The van der Waals surface area contributed by atoms with Gasteiger partial charge in [-0.3, -0.25) is 4.90 Å². The van der Waals surface area contributed by atoms with Crippen molar-refractivity contribution in [2.75, 3.05) is 13.1 Å². The molecule has 2 unspecified atom stereocenters. The van der Waals surface area contributed by atoms with Crippen LogP contribution < -0.4 is 5.32 Å². The van der Waals surface area contributed by atoms with Gasteiger partial charge in [0, 0.05) is 30.7 Å². The van der Waals surface area contributed by atoms with Gasteiger partial charge in [-0.2, -0.15) is 0 Å². The van der Waals surface area contributed by atoms with Gasteiger partial charge in [0.2, 0.25) is 0 Å². The lowest BCUT2D eigenvalue weighted by Gasteiger charge is -2.50. The molecule has 1 spiro atoms.